The molecule has 2 fully saturated rings. The number of carbonyl (C=O) groups excluding carboxylic acids is 2. The zero-order chi connectivity index (χ0) is 28.1. The Morgan fingerprint density at radius 2 is 1.48 bits per heavy atom. The zero-order valence-electron chi connectivity index (χ0n) is 23.8. The first kappa shape index (κ1) is 28.6. The second-order valence-corrected chi connectivity index (χ2v) is 12.3. The van der Waals surface area contributed by atoms with Crippen LogP contribution >= 0.6 is 11.8 Å². The summed E-state index contributed by atoms with van der Waals surface area (Å²) in [5.41, 5.74) is 2.35. The molecule has 3 aromatic carbocycles. The van der Waals surface area contributed by atoms with Gasteiger partial charge in [0.25, 0.3) is 0 Å². The van der Waals surface area contributed by atoms with Gasteiger partial charge in [-0.25, -0.2) is 4.79 Å². The Bertz CT molecular complexity index is 1260. The van der Waals surface area contributed by atoms with Crippen LogP contribution in [0.1, 0.15) is 72.7 Å². The Morgan fingerprint density at radius 1 is 0.875 bits per heavy atom. The molecule has 0 N–H and O–H groups in total. The summed E-state index contributed by atoms with van der Waals surface area (Å²) in [7, 11) is 0. The summed E-state index contributed by atoms with van der Waals surface area (Å²) in [6.07, 6.45) is 4.58. The van der Waals surface area contributed by atoms with E-state index in [-0.39, 0.29) is 11.8 Å². The minimum absolute atomic E-state index is 0.132. The van der Waals surface area contributed by atoms with E-state index in [4.69, 9.17) is 4.74 Å². The highest BCUT2D eigenvalue weighted by Crippen LogP contribution is 2.43. The maximum atomic E-state index is 13.5. The van der Waals surface area contributed by atoms with Gasteiger partial charge in [-0.1, -0.05) is 44.2 Å². The van der Waals surface area contributed by atoms with E-state index in [1.54, 1.807) is 24.3 Å². The standard InChI is InChI=1S/C34H40N2O3S/c1-4-35(5-2)23-25-11-13-27(14-12-25)34(38)39-30-19-15-26(16-20-30)33(37)24(3)36-28-17-18-29(36)22-32(21-28)40-31-9-7-6-8-10-31/h6-16,19-20,24,28-29,32H,4-5,17-18,21-23H2,1-3H3. The van der Waals surface area contributed by atoms with Crippen LogP contribution in [-0.4, -0.2) is 58.0 Å². The summed E-state index contributed by atoms with van der Waals surface area (Å²) in [6, 6.07) is 26.0. The third-order valence-corrected chi connectivity index (χ3v) is 9.72. The monoisotopic (exact) mass is 556 g/mol. The van der Waals surface area contributed by atoms with Gasteiger partial charge in [0, 0.05) is 34.3 Å². The normalized spacial score (nSPS) is 21.4. The number of carbonyl (C=O) groups is 2. The number of rotatable bonds is 11. The first-order chi connectivity index (χ1) is 19.4. The lowest BCUT2D eigenvalue weighted by atomic mass is 9.96. The molecule has 3 atom stereocenters. The Labute approximate surface area is 242 Å². The molecule has 210 valence electrons. The van der Waals surface area contributed by atoms with E-state index in [0.29, 0.717) is 34.2 Å². The van der Waals surface area contributed by atoms with Crippen LogP contribution in [0.25, 0.3) is 0 Å². The Kier molecular flexibility index (Phi) is 9.40. The minimum atomic E-state index is -0.394. The molecule has 0 aromatic heterocycles. The Hall–Kier alpha value is -2.93. The lowest BCUT2D eigenvalue weighted by Crippen LogP contribution is -2.51. The number of ether oxygens (including phenoxy) is 1. The van der Waals surface area contributed by atoms with Crippen molar-refractivity contribution in [3.8, 4) is 5.75 Å². The predicted molar refractivity (Wildman–Crippen MR) is 162 cm³/mol. The third kappa shape index (κ3) is 6.68. The maximum Gasteiger partial charge on any atom is 0.343 e. The van der Waals surface area contributed by atoms with Gasteiger partial charge in [0.1, 0.15) is 5.75 Å². The van der Waals surface area contributed by atoms with Gasteiger partial charge < -0.3 is 4.74 Å². The van der Waals surface area contributed by atoms with Crippen molar-refractivity contribution in [2.45, 2.75) is 81.3 Å². The highest BCUT2D eigenvalue weighted by atomic mass is 32.2. The van der Waals surface area contributed by atoms with Crippen LogP contribution in [0.3, 0.4) is 0 Å². The van der Waals surface area contributed by atoms with Crippen molar-refractivity contribution in [1.82, 2.24) is 9.80 Å². The molecule has 0 radical (unpaired) electrons. The Balaban J connectivity index is 1.16. The molecular formula is C34H40N2O3S. The second-order valence-electron chi connectivity index (χ2n) is 11.0. The number of ketones is 1. The molecule has 3 unspecified atom stereocenters. The number of esters is 1. The minimum Gasteiger partial charge on any atom is -0.423 e. The molecule has 5 nitrogen and oxygen atoms in total. The summed E-state index contributed by atoms with van der Waals surface area (Å²) in [6.45, 7) is 9.19. The Morgan fingerprint density at radius 3 is 2.08 bits per heavy atom. The molecule has 0 aliphatic carbocycles. The quantitative estimate of drug-likeness (QED) is 0.143. The number of nitrogens with zero attached hydrogens (tertiary/aromatic N) is 2. The number of thioether (sulfide) groups is 1. The molecular weight excluding hydrogens is 516 g/mol. The van der Waals surface area contributed by atoms with Gasteiger partial charge in [-0.05, 0) is 99.8 Å². The highest BCUT2D eigenvalue weighted by molar-refractivity contribution is 8.00. The van der Waals surface area contributed by atoms with Gasteiger partial charge in [0.05, 0.1) is 11.6 Å². The van der Waals surface area contributed by atoms with E-state index in [1.807, 2.05) is 36.0 Å². The van der Waals surface area contributed by atoms with Crippen molar-refractivity contribution in [2.24, 2.45) is 0 Å². The van der Waals surface area contributed by atoms with Crippen LogP contribution in [0, 0.1) is 0 Å². The van der Waals surface area contributed by atoms with Gasteiger partial charge >= 0.3 is 5.97 Å². The summed E-state index contributed by atoms with van der Waals surface area (Å²) in [5, 5.41) is 0.603. The topological polar surface area (TPSA) is 49.9 Å². The summed E-state index contributed by atoms with van der Waals surface area (Å²) >= 11 is 1.98. The van der Waals surface area contributed by atoms with Gasteiger partial charge in [0.2, 0.25) is 0 Å². The number of hydrogen-bond acceptors (Lipinski definition) is 6. The fourth-order valence-electron chi connectivity index (χ4n) is 6.26. The molecule has 2 heterocycles. The van der Waals surface area contributed by atoms with E-state index < -0.39 is 5.97 Å². The van der Waals surface area contributed by atoms with Crippen molar-refractivity contribution >= 4 is 23.5 Å². The number of Topliss-reactive ketones (excluding diaryl/α,β-unsaturated/α-hetero) is 1. The van der Waals surface area contributed by atoms with Crippen molar-refractivity contribution in [2.75, 3.05) is 13.1 Å². The summed E-state index contributed by atoms with van der Waals surface area (Å²) < 4.78 is 5.61. The molecule has 2 bridgehead atoms. The maximum absolute atomic E-state index is 13.5. The van der Waals surface area contributed by atoms with Gasteiger partial charge in [-0.3, -0.25) is 14.6 Å². The molecule has 2 saturated heterocycles. The molecule has 3 aromatic rings. The molecule has 40 heavy (non-hydrogen) atoms. The van der Waals surface area contributed by atoms with Crippen LogP contribution < -0.4 is 4.74 Å². The number of benzene rings is 3. The van der Waals surface area contributed by atoms with Crippen molar-refractivity contribution in [3.05, 3.63) is 95.6 Å². The molecule has 6 heteroatoms. The number of fused-ring (bicyclic) bond motifs is 2. The van der Waals surface area contributed by atoms with Crippen molar-refractivity contribution in [3.63, 3.8) is 0 Å². The van der Waals surface area contributed by atoms with Crippen LogP contribution in [0.15, 0.2) is 83.8 Å². The predicted octanol–water partition coefficient (Wildman–Crippen LogP) is 7.11. The van der Waals surface area contributed by atoms with Crippen molar-refractivity contribution in [1.29, 1.82) is 0 Å². The number of piperidine rings is 1. The SMILES string of the molecule is CCN(CC)Cc1ccc(C(=O)Oc2ccc(C(=O)C(C)N3C4CCC3CC(Sc3ccccc3)C4)cc2)cc1. The van der Waals surface area contributed by atoms with Crippen LogP contribution in [-0.2, 0) is 6.54 Å². The second kappa shape index (κ2) is 13.2. The fraction of sp³-hybridized carbons (Fsp3) is 0.412. The first-order valence-corrected chi connectivity index (χ1v) is 15.5. The van der Waals surface area contributed by atoms with Gasteiger partial charge in [-0.15, -0.1) is 11.8 Å². The third-order valence-electron chi connectivity index (χ3n) is 8.46. The largest absolute Gasteiger partial charge is 0.423 e. The van der Waals surface area contributed by atoms with Crippen LogP contribution in [0.2, 0.25) is 0 Å². The lowest BCUT2D eigenvalue weighted by molar-refractivity contribution is 0.0650. The van der Waals surface area contributed by atoms with Crippen LogP contribution in [0.5, 0.6) is 5.75 Å². The fourth-order valence-corrected chi connectivity index (χ4v) is 7.60. The molecule has 0 amide bonds. The lowest BCUT2D eigenvalue weighted by Gasteiger charge is -2.41. The van der Waals surface area contributed by atoms with Gasteiger partial charge in [0.15, 0.2) is 5.78 Å². The molecule has 0 spiro atoms. The molecule has 2 aliphatic rings. The molecule has 5 rings (SSSR count). The smallest absolute Gasteiger partial charge is 0.343 e. The van der Waals surface area contributed by atoms with E-state index in [9.17, 15) is 9.59 Å². The van der Waals surface area contributed by atoms with E-state index in [0.717, 1.165) is 32.5 Å². The van der Waals surface area contributed by atoms with E-state index >= 15 is 0 Å². The first-order valence-electron chi connectivity index (χ1n) is 14.6. The average Bonchev–Trinajstić information content (AvgIpc) is 3.26. The number of hydrogen-bond donors (Lipinski definition) is 0. The molecule has 0 saturated carbocycles. The van der Waals surface area contributed by atoms with Gasteiger partial charge in [-0.2, -0.15) is 0 Å². The average molecular weight is 557 g/mol. The molecule has 2 aliphatic heterocycles. The van der Waals surface area contributed by atoms with E-state index in [1.165, 1.54) is 23.3 Å². The van der Waals surface area contributed by atoms with E-state index in [2.05, 4.69) is 60.9 Å². The highest BCUT2D eigenvalue weighted by Gasteiger charge is 2.44. The van der Waals surface area contributed by atoms with Crippen molar-refractivity contribution < 1.29 is 14.3 Å². The zero-order valence-corrected chi connectivity index (χ0v) is 24.6. The summed E-state index contributed by atoms with van der Waals surface area (Å²) in [5.74, 6) is 0.183. The van der Waals surface area contributed by atoms with Crippen LogP contribution in [0.4, 0.5) is 0 Å². The summed E-state index contributed by atoms with van der Waals surface area (Å²) in [4.78, 5) is 32.3.